The number of hydrogen-bond acceptors (Lipinski definition) is 9. The molecule has 6 atom stereocenters. The van der Waals surface area contributed by atoms with Crippen LogP contribution in [0.1, 0.15) is 43.7 Å². The van der Waals surface area contributed by atoms with Gasteiger partial charge < -0.3 is 14.9 Å². The predicted octanol–water partition coefficient (Wildman–Crippen LogP) is 6.42. The molecule has 2 aromatic carbocycles. The lowest BCUT2D eigenvalue weighted by Crippen LogP contribution is -2.51. The number of hydrogen-bond donors (Lipinski definition) is 2. The molecule has 9 rings (SSSR count). The number of carbonyl (C=O) groups excluding carboxylic acids is 4. The summed E-state index contributed by atoms with van der Waals surface area (Å²) < 4.78 is 8.69. The smallest absolute Gasteiger partial charge is 0.303 e. The Labute approximate surface area is 324 Å². The maximum Gasteiger partial charge on any atom is 0.303 e. The molecule has 2 aliphatic carbocycles. The number of fused-ring (bicyclic) bond motifs is 6. The molecule has 6 unspecified atom stereocenters. The van der Waals surface area contributed by atoms with Crippen molar-refractivity contribution in [3.05, 3.63) is 82.1 Å². The van der Waals surface area contributed by atoms with Crippen molar-refractivity contribution >= 4 is 68.4 Å². The summed E-state index contributed by atoms with van der Waals surface area (Å²) in [6, 6.07) is 12.3. The summed E-state index contributed by atoms with van der Waals surface area (Å²) in [4.78, 5) is 72.4. The molecule has 12 nitrogen and oxygen atoms in total. The number of aliphatic carboxylic acids is 1. The highest BCUT2D eigenvalue weighted by Gasteiger charge is 2.68. The van der Waals surface area contributed by atoms with Gasteiger partial charge in [-0.25, -0.2) is 4.90 Å². The number of rotatable bonds is 7. The van der Waals surface area contributed by atoms with Crippen LogP contribution in [0.25, 0.3) is 20.7 Å². The molecule has 55 heavy (non-hydrogen) atoms. The van der Waals surface area contributed by atoms with E-state index in [4.69, 9.17) is 21.4 Å². The first kappa shape index (κ1) is 35.4. The maximum atomic E-state index is 15.2. The van der Waals surface area contributed by atoms with E-state index < -0.39 is 52.8 Å². The van der Waals surface area contributed by atoms with Crippen LogP contribution in [0.4, 0.5) is 5.82 Å². The van der Waals surface area contributed by atoms with Gasteiger partial charge in [-0.05, 0) is 91.9 Å². The van der Waals surface area contributed by atoms with E-state index >= 15 is 4.79 Å². The number of aryl methyl sites for hydroxylation is 2. The standard InChI is InChI=1S/C41H37ClN4O8S/c1-19-26-15-22(42)6-11-31(26)55-36(19)29-17-32(44(3)43-29)46-38(51)28-16-27-24(8-9-25-34(27)39(52)45(37(25)50)12-4-5-33(48)49)35(41(28,2)40(46)53)21-13-20-14-23(47)7-10-30(20)54-18-21/h6-8,10-11,14-15,17-18,25,27-28,34-35,47H,4-5,9,12-13,16H2,1-3H3,(H,48,49). The molecule has 4 aromatic rings. The summed E-state index contributed by atoms with van der Waals surface area (Å²) in [5.74, 6) is -5.00. The zero-order valence-electron chi connectivity index (χ0n) is 30.2. The third-order valence-electron chi connectivity index (χ3n) is 12.5. The molecule has 14 heteroatoms. The molecule has 282 valence electrons. The predicted molar refractivity (Wildman–Crippen MR) is 203 cm³/mol. The lowest BCUT2D eigenvalue weighted by Gasteiger charge is -2.49. The fraction of sp³-hybridized carbons (Fsp3) is 0.366. The molecule has 2 aromatic heterocycles. The van der Waals surface area contributed by atoms with E-state index in [1.54, 1.807) is 47.5 Å². The van der Waals surface area contributed by atoms with Crippen LogP contribution in [0.5, 0.6) is 11.5 Å². The minimum absolute atomic E-state index is 0.00317. The molecule has 2 N–H and O–H groups in total. The summed E-state index contributed by atoms with van der Waals surface area (Å²) in [5.41, 5.74) is 2.57. The molecule has 3 fully saturated rings. The highest BCUT2D eigenvalue weighted by atomic mass is 35.5. The molecule has 5 heterocycles. The van der Waals surface area contributed by atoms with E-state index in [2.05, 4.69) is 0 Å². The Morgan fingerprint density at radius 1 is 1.07 bits per heavy atom. The van der Waals surface area contributed by atoms with Crippen LogP contribution >= 0.6 is 22.9 Å². The second kappa shape index (κ2) is 12.6. The molecule has 3 aliphatic heterocycles. The summed E-state index contributed by atoms with van der Waals surface area (Å²) in [6.07, 6.45) is 4.34. The van der Waals surface area contributed by atoms with Gasteiger partial charge in [0.2, 0.25) is 23.6 Å². The minimum Gasteiger partial charge on any atom is -0.508 e. The first-order chi connectivity index (χ1) is 26.3. The number of carboxylic acids is 1. The van der Waals surface area contributed by atoms with Crippen molar-refractivity contribution in [2.75, 3.05) is 11.4 Å². The molecule has 1 saturated carbocycles. The van der Waals surface area contributed by atoms with Crippen molar-refractivity contribution in [2.45, 2.75) is 46.0 Å². The number of amides is 4. The largest absolute Gasteiger partial charge is 0.508 e. The lowest BCUT2D eigenvalue weighted by molar-refractivity contribution is -0.142. The number of allylic oxidation sites excluding steroid dienone is 3. The zero-order valence-corrected chi connectivity index (χ0v) is 31.8. The quantitative estimate of drug-likeness (QED) is 0.160. The third-order valence-corrected chi connectivity index (χ3v) is 14.0. The Hall–Kier alpha value is -5.27. The summed E-state index contributed by atoms with van der Waals surface area (Å²) in [6.45, 7) is 3.82. The van der Waals surface area contributed by atoms with Crippen LogP contribution in [-0.2, 0) is 37.4 Å². The van der Waals surface area contributed by atoms with E-state index in [0.717, 1.165) is 37.2 Å². The van der Waals surface area contributed by atoms with Gasteiger partial charge in [0.1, 0.15) is 23.0 Å². The van der Waals surface area contributed by atoms with Gasteiger partial charge in [0, 0.05) is 53.7 Å². The fourth-order valence-corrected chi connectivity index (χ4v) is 11.3. The Morgan fingerprint density at radius 3 is 2.65 bits per heavy atom. The van der Waals surface area contributed by atoms with E-state index in [1.165, 1.54) is 15.9 Å². The number of carboxylic acid groups (broad SMARTS) is 1. The first-order valence-electron chi connectivity index (χ1n) is 18.3. The molecular formula is C41H37ClN4O8S. The van der Waals surface area contributed by atoms with Crippen LogP contribution in [0.2, 0.25) is 5.02 Å². The topological polar surface area (TPSA) is 159 Å². The van der Waals surface area contributed by atoms with Gasteiger partial charge in [-0.2, -0.15) is 5.10 Å². The van der Waals surface area contributed by atoms with Gasteiger partial charge in [0.15, 0.2) is 0 Å². The molecule has 2 saturated heterocycles. The number of ether oxygens (including phenoxy) is 1. The Kier molecular flexibility index (Phi) is 8.14. The van der Waals surface area contributed by atoms with Gasteiger partial charge in [-0.3, -0.25) is 33.6 Å². The Balaban J connectivity index is 1.13. The van der Waals surface area contributed by atoms with Crippen molar-refractivity contribution in [1.29, 1.82) is 0 Å². The van der Waals surface area contributed by atoms with Gasteiger partial charge in [0.25, 0.3) is 0 Å². The number of likely N-dealkylation sites (tertiary alicyclic amines) is 1. The van der Waals surface area contributed by atoms with Crippen LogP contribution < -0.4 is 9.64 Å². The van der Waals surface area contributed by atoms with E-state index in [-0.39, 0.29) is 49.8 Å². The third kappa shape index (κ3) is 5.22. The molecule has 0 spiro atoms. The monoisotopic (exact) mass is 780 g/mol. The van der Waals surface area contributed by atoms with Crippen LogP contribution in [-0.4, -0.2) is 61.0 Å². The van der Waals surface area contributed by atoms with E-state index in [0.29, 0.717) is 28.7 Å². The van der Waals surface area contributed by atoms with Crippen molar-refractivity contribution in [3.8, 4) is 22.1 Å². The maximum absolute atomic E-state index is 15.2. The average molecular weight is 781 g/mol. The number of nitrogens with zero attached hydrogens (tertiary/aromatic N) is 4. The number of imide groups is 2. The lowest BCUT2D eigenvalue weighted by atomic mass is 9.51. The molecule has 0 radical (unpaired) electrons. The molecule has 4 amide bonds. The second-order valence-electron chi connectivity index (χ2n) is 15.5. The number of thiophene rings is 1. The first-order valence-corrected chi connectivity index (χ1v) is 19.5. The van der Waals surface area contributed by atoms with Gasteiger partial charge in [0.05, 0.1) is 34.3 Å². The Bertz CT molecular complexity index is 2470. The summed E-state index contributed by atoms with van der Waals surface area (Å²) >= 11 is 7.87. The van der Waals surface area contributed by atoms with Crippen LogP contribution in [0.15, 0.2) is 65.9 Å². The van der Waals surface area contributed by atoms with Gasteiger partial charge in [-0.1, -0.05) is 23.3 Å². The van der Waals surface area contributed by atoms with Gasteiger partial charge >= 0.3 is 5.97 Å². The number of halogens is 1. The summed E-state index contributed by atoms with van der Waals surface area (Å²) in [5, 5.41) is 26.0. The van der Waals surface area contributed by atoms with Crippen LogP contribution in [0, 0.1) is 41.9 Å². The second-order valence-corrected chi connectivity index (χ2v) is 17.0. The average Bonchev–Trinajstić information content (AvgIpc) is 3.81. The Morgan fingerprint density at radius 2 is 1.87 bits per heavy atom. The molecule has 5 aliphatic rings. The number of anilines is 1. The summed E-state index contributed by atoms with van der Waals surface area (Å²) in [7, 11) is 1.70. The SMILES string of the molecule is Cc1c(-c2cc(N3C(=O)C4CC5C(=CCC6C(=O)N(CCCC(=O)O)C(=O)C65)C(C5=COc6ccc(O)cc6C5)C4(C)C3=O)n(C)n2)sc2ccc(Cl)cc12. The number of phenolic OH excluding ortho intramolecular Hbond substituents is 1. The fourth-order valence-electron chi connectivity index (χ4n) is 9.95. The number of phenols is 1. The van der Waals surface area contributed by atoms with Crippen molar-refractivity contribution < 1.29 is 38.9 Å². The molecule has 0 bridgehead atoms. The van der Waals surface area contributed by atoms with Gasteiger partial charge in [-0.15, -0.1) is 11.3 Å². The highest BCUT2D eigenvalue weighted by Crippen LogP contribution is 2.63. The highest BCUT2D eigenvalue weighted by molar-refractivity contribution is 7.22. The number of benzene rings is 2. The van der Waals surface area contributed by atoms with Crippen molar-refractivity contribution in [2.24, 2.45) is 42.1 Å². The molecular weight excluding hydrogens is 744 g/mol. The number of carbonyl (C=O) groups is 5. The van der Waals surface area contributed by atoms with E-state index in [1.807, 2.05) is 38.1 Å². The zero-order chi connectivity index (χ0) is 38.7. The van der Waals surface area contributed by atoms with Crippen molar-refractivity contribution in [1.82, 2.24) is 14.7 Å². The van der Waals surface area contributed by atoms with Crippen molar-refractivity contribution in [3.63, 3.8) is 0 Å². The van der Waals surface area contributed by atoms with E-state index in [9.17, 15) is 29.4 Å². The van der Waals surface area contributed by atoms with Crippen LogP contribution in [0.3, 0.4) is 0 Å². The minimum atomic E-state index is -1.29. The number of aromatic hydroxyl groups is 1. The normalized spacial score (nSPS) is 27.1. The number of aromatic nitrogens is 2.